The summed E-state index contributed by atoms with van der Waals surface area (Å²) in [5.41, 5.74) is 5.08. The van der Waals surface area contributed by atoms with Crippen LogP contribution in [0.15, 0.2) is 71.6 Å². The van der Waals surface area contributed by atoms with Crippen molar-refractivity contribution in [2.45, 2.75) is 38.6 Å². The number of amides is 1. The third kappa shape index (κ3) is 5.88. The minimum absolute atomic E-state index is 0.108. The van der Waals surface area contributed by atoms with Crippen LogP contribution in [-0.4, -0.2) is 20.9 Å². The smallest absolute Gasteiger partial charge is 0.261 e. The van der Waals surface area contributed by atoms with Crippen LogP contribution >= 0.6 is 0 Å². The van der Waals surface area contributed by atoms with Crippen LogP contribution in [-0.2, 0) is 14.8 Å². The number of carbonyl (C=O) groups excluding carboxylic acids is 1. The van der Waals surface area contributed by atoms with Crippen molar-refractivity contribution in [3.63, 3.8) is 0 Å². The Kier molecular flexibility index (Phi) is 7.20. The SMILES string of the molecule is Cc1cc(C)c([C@@H](C)NC(=O)COc2ccc(S(=O)(=O)Nc3ccccc3)cc2)cc1C. The predicted molar refractivity (Wildman–Crippen MR) is 126 cm³/mol. The van der Waals surface area contributed by atoms with Gasteiger partial charge in [-0.1, -0.05) is 30.3 Å². The van der Waals surface area contributed by atoms with Crippen molar-refractivity contribution >= 4 is 21.6 Å². The topological polar surface area (TPSA) is 84.5 Å². The lowest BCUT2D eigenvalue weighted by Crippen LogP contribution is -2.31. The maximum absolute atomic E-state index is 12.5. The molecule has 0 aliphatic heterocycles. The van der Waals surface area contributed by atoms with E-state index in [1.54, 1.807) is 24.3 Å². The quantitative estimate of drug-likeness (QED) is 0.520. The Hall–Kier alpha value is -3.32. The summed E-state index contributed by atoms with van der Waals surface area (Å²) in [6.07, 6.45) is 0. The van der Waals surface area contributed by atoms with E-state index in [0.29, 0.717) is 11.4 Å². The van der Waals surface area contributed by atoms with E-state index in [4.69, 9.17) is 4.74 Å². The first kappa shape index (κ1) is 23.3. The highest BCUT2D eigenvalue weighted by atomic mass is 32.2. The molecule has 7 heteroatoms. The molecule has 3 aromatic carbocycles. The fraction of sp³-hybridized carbons (Fsp3) is 0.240. The second-order valence-corrected chi connectivity index (χ2v) is 9.50. The number of ether oxygens (including phenoxy) is 1. The molecule has 6 nitrogen and oxygen atoms in total. The average molecular weight is 453 g/mol. The van der Waals surface area contributed by atoms with Crippen molar-refractivity contribution in [3.8, 4) is 5.75 Å². The zero-order valence-corrected chi connectivity index (χ0v) is 19.5. The van der Waals surface area contributed by atoms with Gasteiger partial charge in [-0.25, -0.2) is 8.42 Å². The van der Waals surface area contributed by atoms with Crippen molar-refractivity contribution in [1.82, 2.24) is 5.32 Å². The third-order valence-corrected chi connectivity index (χ3v) is 6.65. The number of rotatable bonds is 8. The van der Waals surface area contributed by atoms with E-state index < -0.39 is 10.0 Å². The van der Waals surface area contributed by atoms with Gasteiger partial charge in [0.05, 0.1) is 10.9 Å². The van der Waals surface area contributed by atoms with Crippen molar-refractivity contribution in [3.05, 3.63) is 89.0 Å². The summed E-state index contributed by atoms with van der Waals surface area (Å²) >= 11 is 0. The minimum atomic E-state index is -3.70. The monoisotopic (exact) mass is 452 g/mol. The maximum atomic E-state index is 12.5. The summed E-state index contributed by atoms with van der Waals surface area (Å²) in [6.45, 7) is 7.92. The summed E-state index contributed by atoms with van der Waals surface area (Å²) < 4.78 is 33.0. The number of benzene rings is 3. The molecular weight excluding hydrogens is 424 g/mol. The maximum Gasteiger partial charge on any atom is 0.261 e. The van der Waals surface area contributed by atoms with Crippen LogP contribution in [0.25, 0.3) is 0 Å². The summed E-state index contributed by atoms with van der Waals surface area (Å²) in [7, 11) is -3.70. The largest absolute Gasteiger partial charge is 0.484 e. The van der Waals surface area contributed by atoms with E-state index in [1.165, 1.54) is 35.4 Å². The van der Waals surface area contributed by atoms with Gasteiger partial charge in [-0.15, -0.1) is 0 Å². The standard InChI is InChI=1S/C25H28N2O4S/c1-17-14-19(3)24(15-18(17)2)20(4)26-25(28)16-31-22-10-12-23(13-11-22)32(29,30)27-21-8-6-5-7-9-21/h5-15,20,27H,16H2,1-4H3,(H,26,28)/t20-/m1/s1. The Balaban J connectivity index is 1.57. The highest BCUT2D eigenvalue weighted by Gasteiger charge is 2.15. The molecule has 3 rings (SSSR count). The Morgan fingerprint density at radius 3 is 2.19 bits per heavy atom. The first-order valence-corrected chi connectivity index (χ1v) is 11.8. The van der Waals surface area contributed by atoms with Crippen molar-refractivity contribution < 1.29 is 17.9 Å². The summed E-state index contributed by atoms with van der Waals surface area (Å²) in [5, 5.41) is 2.95. The summed E-state index contributed by atoms with van der Waals surface area (Å²) in [5.74, 6) is 0.159. The molecule has 0 bridgehead atoms. The van der Waals surface area contributed by atoms with Gasteiger partial charge in [-0.3, -0.25) is 9.52 Å². The first-order valence-electron chi connectivity index (χ1n) is 10.3. The van der Waals surface area contributed by atoms with E-state index in [0.717, 1.165) is 11.1 Å². The second-order valence-electron chi connectivity index (χ2n) is 7.81. The van der Waals surface area contributed by atoms with Crippen molar-refractivity contribution in [2.24, 2.45) is 0 Å². The third-order valence-electron chi connectivity index (χ3n) is 5.26. The van der Waals surface area contributed by atoms with Crippen LogP contribution in [0.1, 0.15) is 35.2 Å². The van der Waals surface area contributed by atoms with E-state index in [1.807, 2.05) is 19.9 Å². The lowest BCUT2D eigenvalue weighted by atomic mass is 9.96. The molecule has 0 aliphatic carbocycles. The normalized spacial score (nSPS) is 12.1. The van der Waals surface area contributed by atoms with E-state index in [-0.39, 0.29) is 23.5 Å². The number of sulfonamides is 1. The molecule has 168 valence electrons. The molecule has 0 spiro atoms. The van der Waals surface area contributed by atoms with Crippen molar-refractivity contribution in [1.29, 1.82) is 0 Å². The van der Waals surface area contributed by atoms with Gasteiger partial charge in [-0.2, -0.15) is 0 Å². The zero-order chi connectivity index (χ0) is 23.3. The molecule has 0 aromatic heterocycles. The molecule has 3 aromatic rings. The zero-order valence-electron chi connectivity index (χ0n) is 18.7. The highest BCUT2D eigenvalue weighted by Crippen LogP contribution is 2.22. The molecule has 1 amide bonds. The van der Waals surface area contributed by atoms with Gasteiger partial charge in [0.1, 0.15) is 5.75 Å². The van der Waals surface area contributed by atoms with Crippen LogP contribution in [0, 0.1) is 20.8 Å². The molecule has 32 heavy (non-hydrogen) atoms. The molecule has 0 heterocycles. The predicted octanol–water partition coefficient (Wildman–Crippen LogP) is 4.67. The van der Waals surface area contributed by atoms with Crippen LogP contribution in [0.3, 0.4) is 0 Å². The number of hydrogen-bond acceptors (Lipinski definition) is 4. The molecule has 0 fully saturated rings. The number of carbonyl (C=O) groups is 1. The Bertz CT molecular complexity index is 1190. The van der Waals surface area contributed by atoms with Gasteiger partial charge >= 0.3 is 0 Å². The van der Waals surface area contributed by atoms with Gasteiger partial charge in [0.2, 0.25) is 0 Å². The molecule has 0 aliphatic rings. The number of hydrogen-bond donors (Lipinski definition) is 2. The Morgan fingerprint density at radius 1 is 0.906 bits per heavy atom. The van der Waals surface area contributed by atoms with Crippen LogP contribution < -0.4 is 14.8 Å². The number of nitrogens with one attached hydrogen (secondary N) is 2. The summed E-state index contributed by atoms with van der Waals surface area (Å²) in [4.78, 5) is 12.5. The van der Waals surface area contributed by atoms with Gasteiger partial charge in [0, 0.05) is 5.69 Å². The van der Waals surface area contributed by atoms with E-state index >= 15 is 0 Å². The van der Waals surface area contributed by atoms with Crippen LogP contribution in [0.5, 0.6) is 5.75 Å². The lowest BCUT2D eigenvalue weighted by Gasteiger charge is -2.18. The van der Waals surface area contributed by atoms with Crippen LogP contribution in [0.2, 0.25) is 0 Å². The average Bonchev–Trinajstić information content (AvgIpc) is 2.75. The first-order chi connectivity index (χ1) is 15.2. The molecule has 0 saturated carbocycles. The van der Waals surface area contributed by atoms with Crippen molar-refractivity contribution in [2.75, 3.05) is 11.3 Å². The number of aryl methyl sites for hydroxylation is 3. The lowest BCUT2D eigenvalue weighted by molar-refractivity contribution is -0.123. The summed E-state index contributed by atoms with van der Waals surface area (Å²) in [6, 6.07) is 18.7. The molecule has 0 radical (unpaired) electrons. The molecular formula is C25H28N2O4S. The minimum Gasteiger partial charge on any atom is -0.484 e. The van der Waals surface area contributed by atoms with Gasteiger partial charge < -0.3 is 10.1 Å². The molecule has 0 unspecified atom stereocenters. The highest BCUT2D eigenvalue weighted by molar-refractivity contribution is 7.92. The Morgan fingerprint density at radius 2 is 1.53 bits per heavy atom. The molecule has 2 N–H and O–H groups in total. The second kappa shape index (κ2) is 9.87. The fourth-order valence-electron chi connectivity index (χ4n) is 3.39. The van der Waals surface area contributed by atoms with Crippen LogP contribution in [0.4, 0.5) is 5.69 Å². The number of para-hydroxylation sites is 1. The van der Waals surface area contributed by atoms with E-state index in [9.17, 15) is 13.2 Å². The van der Waals surface area contributed by atoms with Gasteiger partial charge in [0.25, 0.3) is 15.9 Å². The van der Waals surface area contributed by atoms with Gasteiger partial charge in [0.15, 0.2) is 6.61 Å². The molecule has 1 atom stereocenters. The fourth-order valence-corrected chi connectivity index (χ4v) is 4.45. The number of anilines is 1. The van der Waals surface area contributed by atoms with E-state index in [2.05, 4.69) is 36.0 Å². The molecule has 0 saturated heterocycles. The van der Waals surface area contributed by atoms with Gasteiger partial charge in [-0.05, 0) is 86.3 Å². The Labute approximate surface area is 189 Å².